The van der Waals surface area contributed by atoms with Gasteiger partial charge in [-0.15, -0.1) is 0 Å². The highest BCUT2D eigenvalue weighted by atomic mass is 14.7. The van der Waals surface area contributed by atoms with E-state index < -0.39 is 0 Å². The molecule has 2 atom stereocenters. The van der Waals surface area contributed by atoms with E-state index in [2.05, 4.69) is 72.8 Å². The molecule has 0 radical (unpaired) electrons. The SMILES string of the molecule is c1ccc2c(c1)C1c3cc4ccccc4cc3C2c2ncccc21. The molecule has 0 fully saturated rings. The van der Waals surface area contributed by atoms with Crippen LogP contribution in [0.15, 0.2) is 79.0 Å². The minimum Gasteiger partial charge on any atom is -0.260 e. The molecular formula is C23H15N. The molecule has 1 heterocycles. The minimum atomic E-state index is 0.266. The van der Waals surface area contributed by atoms with Gasteiger partial charge in [-0.25, -0.2) is 0 Å². The molecular weight excluding hydrogens is 290 g/mol. The number of hydrogen-bond acceptors (Lipinski definition) is 1. The first-order valence-corrected chi connectivity index (χ1v) is 8.48. The van der Waals surface area contributed by atoms with Crippen molar-refractivity contribution in [3.05, 3.63) is 113 Å². The monoisotopic (exact) mass is 305 g/mol. The Labute approximate surface area is 140 Å². The maximum Gasteiger partial charge on any atom is 0.0564 e. The zero-order valence-electron chi connectivity index (χ0n) is 13.1. The van der Waals surface area contributed by atoms with Gasteiger partial charge in [0.05, 0.1) is 11.6 Å². The van der Waals surface area contributed by atoms with Gasteiger partial charge in [-0.2, -0.15) is 0 Å². The van der Waals surface area contributed by atoms with Gasteiger partial charge in [-0.1, -0.05) is 54.6 Å². The first-order chi connectivity index (χ1) is 11.9. The number of benzene rings is 3. The normalized spacial score (nSPS) is 19.7. The summed E-state index contributed by atoms with van der Waals surface area (Å²) in [6, 6.07) is 26.7. The van der Waals surface area contributed by atoms with Crippen molar-refractivity contribution in [3.63, 3.8) is 0 Å². The Kier molecular flexibility index (Phi) is 2.25. The van der Waals surface area contributed by atoms with Crippen molar-refractivity contribution in [1.82, 2.24) is 4.98 Å². The molecule has 7 rings (SSSR count). The quantitative estimate of drug-likeness (QED) is 0.375. The second kappa shape index (κ2) is 4.33. The van der Waals surface area contributed by atoms with Crippen molar-refractivity contribution in [1.29, 1.82) is 0 Å². The third kappa shape index (κ3) is 1.43. The first kappa shape index (κ1) is 12.5. The van der Waals surface area contributed by atoms with Gasteiger partial charge in [0, 0.05) is 12.1 Å². The van der Waals surface area contributed by atoms with Gasteiger partial charge in [-0.3, -0.25) is 4.98 Å². The molecule has 1 heteroatoms. The van der Waals surface area contributed by atoms with E-state index in [9.17, 15) is 0 Å². The fraction of sp³-hybridized carbons (Fsp3) is 0.0870. The second-order valence-corrected chi connectivity index (χ2v) is 6.80. The first-order valence-electron chi connectivity index (χ1n) is 8.48. The Morgan fingerprint density at radius 1 is 0.542 bits per heavy atom. The van der Waals surface area contributed by atoms with Crippen molar-refractivity contribution in [2.45, 2.75) is 11.8 Å². The molecule has 0 saturated carbocycles. The van der Waals surface area contributed by atoms with Crippen LogP contribution in [0, 0.1) is 0 Å². The van der Waals surface area contributed by atoms with Gasteiger partial charge in [0.2, 0.25) is 0 Å². The molecule has 0 amide bonds. The maximum atomic E-state index is 4.78. The number of nitrogens with zero attached hydrogens (tertiary/aromatic N) is 1. The van der Waals surface area contributed by atoms with Gasteiger partial charge in [-0.05, 0) is 56.8 Å². The van der Waals surface area contributed by atoms with Gasteiger partial charge in [0.15, 0.2) is 0 Å². The van der Waals surface area contributed by atoms with Crippen LogP contribution < -0.4 is 0 Å². The van der Waals surface area contributed by atoms with Crippen LogP contribution in [0.3, 0.4) is 0 Å². The Bertz CT molecular complexity index is 990. The molecule has 4 aromatic rings. The highest BCUT2D eigenvalue weighted by Crippen LogP contribution is 2.55. The third-order valence-corrected chi connectivity index (χ3v) is 5.65. The van der Waals surface area contributed by atoms with Crippen molar-refractivity contribution in [3.8, 4) is 0 Å². The average molecular weight is 305 g/mol. The average Bonchev–Trinajstić information content (AvgIpc) is 2.66. The van der Waals surface area contributed by atoms with Crippen LogP contribution in [0.1, 0.15) is 45.3 Å². The van der Waals surface area contributed by atoms with Crippen molar-refractivity contribution < 1.29 is 0 Å². The maximum absolute atomic E-state index is 4.78. The lowest BCUT2D eigenvalue weighted by atomic mass is 9.62. The molecule has 3 aliphatic rings. The van der Waals surface area contributed by atoms with E-state index in [0.717, 1.165) is 0 Å². The zero-order valence-corrected chi connectivity index (χ0v) is 13.1. The summed E-state index contributed by atoms with van der Waals surface area (Å²) in [6.07, 6.45) is 1.93. The van der Waals surface area contributed by atoms with Crippen LogP contribution in [0.5, 0.6) is 0 Å². The molecule has 0 N–H and O–H groups in total. The lowest BCUT2D eigenvalue weighted by Gasteiger charge is -2.41. The molecule has 1 nitrogen and oxygen atoms in total. The van der Waals surface area contributed by atoms with Gasteiger partial charge >= 0.3 is 0 Å². The van der Waals surface area contributed by atoms with Crippen LogP contribution >= 0.6 is 0 Å². The molecule has 3 aromatic carbocycles. The molecule has 0 saturated heterocycles. The smallest absolute Gasteiger partial charge is 0.0564 e. The van der Waals surface area contributed by atoms with Crippen LogP contribution in [-0.4, -0.2) is 4.98 Å². The van der Waals surface area contributed by atoms with Crippen LogP contribution in [0.4, 0.5) is 0 Å². The lowest BCUT2D eigenvalue weighted by molar-refractivity contribution is 0.729. The van der Waals surface area contributed by atoms with Gasteiger partial charge in [0.25, 0.3) is 0 Å². The standard InChI is InChI=1S/C23H15N/c1-2-7-15-13-20-19(12-14(15)6-1)21-16-8-3-4-9-17(16)22(20)23-18(21)10-5-11-24-23/h1-13,21-22H. The van der Waals surface area contributed by atoms with E-state index in [1.165, 1.54) is 44.3 Å². The number of fused-ring (bicyclic) bond motifs is 1. The molecule has 0 spiro atoms. The fourth-order valence-corrected chi connectivity index (χ4v) is 4.69. The highest BCUT2D eigenvalue weighted by Gasteiger charge is 2.41. The van der Waals surface area contributed by atoms with E-state index in [1.54, 1.807) is 0 Å². The predicted molar refractivity (Wildman–Crippen MR) is 96.5 cm³/mol. The van der Waals surface area contributed by atoms with Gasteiger partial charge in [0.1, 0.15) is 0 Å². The minimum absolute atomic E-state index is 0.266. The summed E-state index contributed by atoms with van der Waals surface area (Å²) in [5, 5.41) is 2.64. The molecule has 2 unspecified atom stereocenters. The molecule has 2 bridgehead atoms. The Morgan fingerprint density at radius 2 is 1.12 bits per heavy atom. The summed E-state index contributed by atoms with van der Waals surface area (Å²) in [5.74, 6) is 0.580. The lowest BCUT2D eigenvalue weighted by Crippen LogP contribution is -2.28. The van der Waals surface area contributed by atoms with Crippen LogP contribution in [0.2, 0.25) is 0 Å². The third-order valence-electron chi connectivity index (χ3n) is 5.65. The van der Waals surface area contributed by atoms with Crippen LogP contribution in [0.25, 0.3) is 10.8 Å². The van der Waals surface area contributed by atoms with E-state index in [4.69, 9.17) is 4.98 Å². The summed E-state index contributed by atoms with van der Waals surface area (Å²) in [4.78, 5) is 4.78. The van der Waals surface area contributed by atoms with E-state index in [1.807, 2.05) is 6.20 Å². The molecule has 24 heavy (non-hydrogen) atoms. The number of hydrogen-bond donors (Lipinski definition) is 0. The van der Waals surface area contributed by atoms with Crippen molar-refractivity contribution in [2.24, 2.45) is 0 Å². The molecule has 112 valence electrons. The summed E-state index contributed by atoms with van der Waals surface area (Å²) in [6.45, 7) is 0. The predicted octanol–water partition coefficient (Wildman–Crippen LogP) is 5.22. The number of pyridine rings is 1. The Morgan fingerprint density at radius 3 is 1.88 bits per heavy atom. The number of aromatic nitrogens is 1. The summed E-state index contributed by atoms with van der Waals surface area (Å²) < 4.78 is 0. The Hall–Kier alpha value is -2.93. The zero-order chi connectivity index (χ0) is 15.7. The van der Waals surface area contributed by atoms with Gasteiger partial charge < -0.3 is 0 Å². The molecule has 1 aromatic heterocycles. The number of rotatable bonds is 0. The van der Waals surface area contributed by atoms with E-state index in [-0.39, 0.29) is 5.92 Å². The van der Waals surface area contributed by atoms with Crippen molar-refractivity contribution >= 4 is 10.8 Å². The Balaban J connectivity index is 1.76. The topological polar surface area (TPSA) is 12.9 Å². The second-order valence-electron chi connectivity index (χ2n) is 6.80. The van der Waals surface area contributed by atoms with E-state index in [0.29, 0.717) is 5.92 Å². The summed E-state index contributed by atoms with van der Waals surface area (Å²) in [7, 11) is 0. The fourth-order valence-electron chi connectivity index (χ4n) is 4.69. The van der Waals surface area contributed by atoms with Crippen molar-refractivity contribution in [2.75, 3.05) is 0 Å². The summed E-state index contributed by atoms with van der Waals surface area (Å²) in [5.41, 5.74) is 8.39. The van der Waals surface area contributed by atoms with Crippen LogP contribution in [-0.2, 0) is 0 Å². The molecule has 3 aliphatic carbocycles. The largest absolute Gasteiger partial charge is 0.260 e. The molecule has 0 aliphatic heterocycles. The highest BCUT2D eigenvalue weighted by molar-refractivity contribution is 5.86. The van der Waals surface area contributed by atoms with E-state index >= 15 is 0 Å². The summed E-state index contributed by atoms with van der Waals surface area (Å²) >= 11 is 0.